The SMILES string of the molecule is CCC1C(=O)NCCN1C(=O)c1cc(C)[nH]n1. The van der Waals surface area contributed by atoms with E-state index in [-0.39, 0.29) is 17.9 Å². The molecule has 1 unspecified atom stereocenters. The molecule has 1 aliphatic heterocycles. The summed E-state index contributed by atoms with van der Waals surface area (Å²) in [6.45, 7) is 4.77. The van der Waals surface area contributed by atoms with Gasteiger partial charge < -0.3 is 10.2 Å². The van der Waals surface area contributed by atoms with Crippen molar-refractivity contribution in [1.29, 1.82) is 0 Å². The largest absolute Gasteiger partial charge is 0.353 e. The number of aryl methyl sites for hydroxylation is 1. The average molecular weight is 236 g/mol. The number of hydrogen-bond acceptors (Lipinski definition) is 3. The minimum absolute atomic E-state index is 0.0839. The first-order valence-electron chi connectivity index (χ1n) is 5.74. The van der Waals surface area contributed by atoms with Crippen molar-refractivity contribution in [2.24, 2.45) is 0 Å². The molecule has 2 N–H and O–H groups in total. The number of carbonyl (C=O) groups excluding carboxylic acids is 2. The van der Waals surface area contributed by atoms with Gasteiger partial charge in [-0.15, -0.1) is 0 Å². The molecule has 17 heavy (non-hydrogen) atoms. The number of hydrogen-bond donors (Lipinski definition) is 2. The maximum Gasteiger partial charge on any atom is 0.275 e. The Morgan fingerprint density at radius 1 is 1.65 bits per heavy atom. The van der Waals surface area contributed by atoms with Crippen molar-refractivity contribution in [2.75, 3.05) is 13.1 Å². The molecule has 2 amide bonds. The molecule has 0 aromatic carbocycles. The first-order chi connectivity index (χ1) is 8.13. The van der Waals surface area contributed by atoms with Crippen molar-refractivity contribution in [3.63, 3.8) is 0 Å². The molecule has 0 saturated carbocycles. The van der Waals surface area contributed by atoms with E-state index in [2.05, 4.69) is 15.5 Å². The molecular formula is C11H16N4O2. The second-order valence-corrected chi connectivity index (χ2v) is 4.15. The highest BCUT2D eigenvalue weighted by Gasteiger charge is 2.32. The molecular weight excluding hydrogens is 220 g/mol. The Bertz CT molecular complexity index is 440. The van der Waals surface area contributed by atoms with Gasteiger partial charge in [-0.05, 0) is 19.4 Å². The van der Waals surface area contributed by atoms with Gasteiger partial charge in [0.25, 0.3) is 5.91 Å². The summed E-state index contributed by atoms with van der Waals surface area (Å²) in [5, 5.41) is 9.43. The van der Waals surface area contributed by atoms with Crippen LogP contribution in [0.2, 0.25) is 0 Å². The number of amides is 2. The second-order valence-electron chi connectivity index (χ2n) is 4.15. The lowest BCUT2D eigenvalue weighted by atomic mass is 10.1. The monoisotopic (exact) mass is 236 g/mol. The number of H-pyrrole nitrogens is 1. The van der Waals surface area contributed by atoms with Crippen molar-refractivity contribution in [2.45, 2.75) is 26.3 Å². The topological polar surface area (TPSA) is 78.1 Å². The van der Waals surface area contributed by atoms with Gasteiger partial charge >= 0.3 is 0 Å². The van der Waals surface area contributed by atoms with Gasteiger partial charge in [0.05, 0.1) is 0 Å². The zero-order valence-electron chi connectivity index (χ0n) is 9.99. The summed E-state index contributed by atoms with van der Waals surface area (Å²) in [5.41, 5.74) is 1.21. The Balaban J connectivity index is 2.20. The van der Waals surface area contributed by atoms with E-state index in [4.69, 9.17) is 0 Å². The Labute approximate surface area is 99.4 Å². The third kappa shape index (κ3) is 2.15. The lowest BCUT2D eigenvalue weighted by molar-refractivity contribution is -0.127. The van der Waals surface area contributed by atoms with Crippen LogP contribution in [0.3, 0.4) is 0 Å². The molecule has 2 rings (SSSR count). The Kier molecular flexibility index (Phi) is 3.12. The van der Waals surface area contributed by atoms with Gasteiger partial charge in [-0.25, -0.2) is 0 Å². The summed E-state index contributed by atoms with van der Waals surface area (Å²) >= 11 is 0. The fourth-order valence-electron chi connectivity index (χ4n) is 2.04. The van der Waals surface area contributed by atoms with E-state index in [1.165, 1.54) is 0 Å². The van der Waals surface area contributed by atoms with Crippen LogP contribution in [0.4, 0.5) is 0 Å². The molecule has 0 radical (unpaired) electrons. The normalized spacial score (nSPS) is 20.2. The minimum Gasteiger partial charge on any atom is -0.353 e. The summed E-state index contributed by atoms with van der Waals surface area (Å²) < 4.78 is 0. The van der Waals surface area contributed by atoms with Crippen LogP contribution in [0.5, 0.6) is 0 Å². The Morgan fingerprint density at radius 2 is 2.41 bits per heavy atom. The number of nitrogens with one attached hydrogen (secondary N) is 2. The van der Waals surface area contributed by atoms with Gasteiger partial charge in [-0.2, -0.15) is 5.10 Å². The van der Waals surface area contributed by atoms with Gasteiger partial charge in [0.15, 0.2) is 0 Å². The number of piperazine rings is 1. The molecule has 6 nitrogen and oxygen atoms in total. The van der Waals surface area contributed by atoms with Gasteiger partial charge in [0.2, 0.25) is 5.91 Å². The minimum atomic E-state index is -0.381. The highest BCUT2D eigenvalue weighted by Crippen LogP contribution is 2.12. The van der Waals surface area contributed by atoms with Gasteiger partial charge in [-0.1, -0.05) is 6.92 Å². The predicted octanol–water partition coefficient (Wildman–Crippen LogP) is 0.0687. The van der Waals surface area contributed by atoms with E-state index in [9.17, 15) is 9.59 Å². The summed E-state index contributed by atoms with van der Waals surface area (Å²) in [5.74, 6) is -0.268. The van der Waals surface area contributed by atoms with Crippen molar-refractivity contribution in [1.82, 2.24) is 20.4 Å². The number of carbonyl (C=O) groups is 2. The molecule has 1 saturated heterocycles. The van der Waals surface area contributed by atoms with Crippen LogP contribution >= 0.6 is 0 Å². The molecule has 6 heteroatoms. The molecule has 0 aliphatic carbocycles. The summed E-state index contributed by atoms with van der Waals surface area (Å²) in [7, 11) is 0. The molecule has 0 bridgehead atoms. The first kappa shape index (κ1) is 11.6. The maximum absolute atomic E-state index is 12.2. The van der Waals surface area contributed by atoms with E-state index in [1.807, 2.05) is 13.8 Å². The van der Waals surface area contributed by atoms with E-state index in [0.29, 0.717) is 25.2 Å². The van der Waals surface area contributed by atoms with Crippen LogP contribution in [-0.4, -0.2) is 46.0 Å². The van der Waals surface area contributed by atoms with E-state index >= 15 is 0 Å². The van der Waals surface area contributed by atoms with Crippen LogP contribution in [0.1, 0.15) is 29.5 Å². The predicted molar refractivity (Wildman–Crippen MR) is 61.4 cm³/mol. The fourth-order valence-corrected chi connectivity index (χ4v) is 2.04. The van der Waals surface area contributed by atoms with Gasteiger partial charge in [0.1, 0.15) is 11.7 Å². The quantitative estimate of drug-likeness (QED) is 0.762. The first-order valence-corrected chi connectivity index (χ1v) is 5.74. The molecule has 1 atom stereocenters. The molecule has 1 aromatic heterocycles. The Hall–Kier alpha value is -1.85. The van der Waals surface area contributed by atoms with E-state index < -0.39 is 0 Å². The number of aromatic nitrogens is 2. The van der Waals surface area contributed by atoms with Gasteiger partial charge in [-0.3, -0.25) is 14.7 Å². The van der Waals surface area contributed by atoms with Crippen molar-refractivity contribution >= 4 is 11.8 Å². The zero-order chi connectivity index (χ0) is 12.4. The highest BCUT2D eigenvalue weighted by molar-refractivity contribution is 5.96. The van der Waals surface area contributed by atoms with Crippen molar-refractivity contribution in [3.05, 3.63) is 17.5 Å². The summed E-state index contributed by atoms with van der Waals surface area (Å²) in [6, 6.07) is 1.31. The van der Waals surface area contributed by atoms with Crippen molar-refractivity contribution < 1.29 is 9.59 Å². The zero-order valence-corrected chi connectivity index (χ0v) is 9.99. The number of nitrogens with zero attached hydrogens (tertiary/aromatic N) is 2. The Morgan fingerprint density at radius 3 is 3.00 bits per heavy atom. The smallest absolute Gasteiger partial charge is 0.275 e. The summed E-state index contributed by atoms with van der Waals surface area (Å²) in [6.07, 6.45) is 0.612. The van der Waals surface area contributed by atoms with E-state index in [0.717, 1.165) is 5.69 Å². The fraction of sp³-hybridized carbons (Fsp3) is 0.545. The van der Waals surface area contributed by atoms with Crippen LogP contribution in [0, 0.1) is 6.92 Å². The number of aromatic amines is 1. The molecule has 1 fully saturated rings. The third-order valence-electron chi connectivity index (χ3n) is 2.90. The number of rotatable bonds is 2. The maximum atomic E-state index is 12.2. The molecule has 1 aliphatic rings. The lowest BCUT2D eigenvalue weighted by Crippen LogP contribution is -2.56. The molecule has 1 aromatic rings. The molecule has 92 valence electrons. The third-order valence-corrected chi connectivity index (χ3v) is 2.90. The van der Waals surface area contributed by atoms with Crippen LogP contribution in [-0.2, 0) is 4.79 Å². The highest BCUT2D eigenvalue weighted by atomic mass is 16.2. The van der Waals surface area contributed by atoms with Crippen LogP contribution in [0.15, 0.2) is 6.07 Å². The summed E-state index contributed by atoms with van der Waals surface area (Å²) in [4.78, 5) is 25.4. The van der Waals surface area contributed by atoms with E-state index in [1.54, 1.807) is 11.0 Å². The van der Waals surface area contributed by atoms with Crippen molar-refractivity contribution in [3.8, 4) is 0 Å². The van der Waals surface area contributed by atoms with Crippen LogP contribution in [0.25, 0.3) is 0 Å². The standard InChI is InChI=1S/C11H16N4O2/c1-3-9-10(16)12-4-5-15(9)11(17)8-6-7(2)13-14-8/h6,9H,3-5H2,1-2H3,(H,12,16)(H,13,14). The lowest BCUT2D eigenvalue weighted by Gasteiger charge is -2.33. The second kappa shape index (κ2) is 4.57. The molecule has 2 heterocycles. The average Bonchev–Trinajstić information content (AvgIpc) is 2.74. The molecule has 0 spiro atoms. The van der Waals surface area contributed by atoms with Gasteiger partial charge in [0, 0.05) is 18.8 Å². The van der Waals surface area contributed by atoms with Crippen LogP contribution < -0.4 is 5.32 Å².